The lowest BCUT2D eigenvalue weighted by molar-refractivity contribution is -0.143. The monoisotopic (exact) mass is 564 g/mol. The summed E-state index contributed by atoms with van der Waals surface area (Å²) in [5.41, 5.74) is -4.05. The summed E-state index contributed by atoms with van der Waals surface area (Å²) in [7, 11) is 3.08. The minimum absolute atomic E-state index is 0.0613. The molecule has 0 fully saturated rings. The number of methoxy groups -OCH3 is 1. The average Bonchev–Trinajstić information content (AvgIpc) is 3.47. The SMILES string of the molecule is COCCN(C)C(=O)c1cnc(-n2nc(C)nc2[C@H](C)NC(=O)c2cc(C(F)(F)F)cc(C(F)(F)F)c2)s1. The molecule has 0 radical (unpaired) electrons. The summed E-state index contributed by atoms with van der Waals surface area (Å²) >= 11 is 0.980. The maximum absolute atomic E-state index is 13.2. The van der Waals surface area contributed by atoms with Crippen molar-refractivity contribution in [1.82, 2.24) is 30.0 Å². The van der Waals surface area contributed by atoms with Crippen LogP contribution in [-0.4, -0.2) is 63.8 Å². The lowest BCUT2D eigenvalue weighted by Crippen LogP contribution is -2.29. The molecule has 0 saturated heterocycles. The van der Waals surface area contributed by atoms with Gasteiger partial charge in [-0.05, 0) is 32.0 Å². The first-order valence-corrected chi connectivity index (χ1v) is 11.7. The number of aromatic nitrogens is 4. The first-order chi connectivity index (χ1) is 17.6. The number of hydrogen-bond donors (Lipinski definition) is 1. The van der Waals surface area contributed by atoms with Crippen LogP contribution in [0.25, 0.3) is 5.13 Å². The van der Waals surface area contributed by atoms with Gasteiger partial charge in [0, 0.05) is 26.3 Å². The van der Waals surface area contributed by atoms with E-state index >= 15 is 0 Å². The number of benzene rings is 1. The molecule has 9 nitrogen and oxygen atoms in total. The van der Waals surface area contributed by atoms with Gasteiger partial charge >= 0.3 is 12.4 Å². The third-order valence-electron chi connectivity index (χ3n) is 5.19. The summed E-state index contributed by atoms with van der Waals surface area (Å²) in [4.78, 5) is 35.4. The molecule has 2 amide bonds. The largest absolute Gasteiger partial charge is 0.416 e. The highest BCUT2D eigenvalue weighted by molar-refractivity contribution is 7.16. The quantitative estimate of drug-likeness (QED) is 0.410. The van der Waals surface area contributed by atoms with Crippen LogP contribution in [0.1, 0.15) is 55.8 Å². The molecule has 1 N–H and O–H groups in total. The van der Waals surface area contributed by atoms with E-state index in [9.17, 15) is 35.9 Å². The van der Waals surface area contributed by atoms with Crippen LogP contribution in [0, 0.1) is 6.92 Å². The maximum atomic E-state index is 13.2. The molecule has 38 heavy (non-hydrogen) atoms. The molecule has 3 aromatic rings. The van der Waals surface area contributed by atoms with E-state index in [0.29, 0.717) is 25.3 Å². The fourth-order valence-corrected chi connectivity index (χ4v) is 4.13. The molecular weight excluding hydrogens is 542 g/mol. The van der Waals surface area contributed by atoms with Gasteiger partial charge < -0.3 is 15.0 Å². The number of nitrogens with one attached hydrogen (secondary N) is 1. The normalized spacial score (nSPS) is 12.9. The summed E-state index contributed by atoms with van der Waals surface area (Å²) in [5, 5.41) is 6.77. The highest BCUT2D eigenvalue weighted by atomic mass is 32.1. The lowest BCUT2D eigenvalue weighted by atomic mass is 10.0. The highest BCUT2D eigenvalue weighted by Gasteiger charge is 2.37. The summed E-state index contributed by atoms with van der Waals surface area (Å²) in [6.07, 6.45) is -8.87. The molecule has 0 unspecified atom stereocenters. The molecular formula is C22H22F6N6O3S. The van der Waals surface area contributed by atoms with Crippen molar-refractivity contribution in [3.63, 3.8) is 0 Å². The van der Waals surface area contributed by atoms with Crippen molar-refractivity contribution in [3.05, 3.63) is 57.6 Å². The van der Waals surface area contributed by atoms with Crippen LogP contribution in [0.3, 0.4) is 0 Å². The minimum atomic E-state index is -5.10. The Morgan fingerprint density at radius 2 is 1.74 bits per heavy atom. The number of rotatable bonds is 8. The second-order valence-electron chi connectivity index (χ2n) is 8.15. The van der Waals surface area contributed by atoms with Gasteiger partial charge in [0.25, 0.3) is 11.8 Å². The number of ether oxygens (including phenoxy) is 1. The van der Waals surface area contributed by atoms with Crippen LogP contribution >= 0.6 is 11.3 Å². The zero-order chi connectivity index (χ0) is 28.4. The van der Waals surface area contributed by atoms with E-state index in [0.717, 1.165) is 11.3 Å². The third kappa shape index (κ3) is 6.66. The number of carbonyl (C=O) groups excluding carboxylic acids is 2. The first kappa shape index (κ1) is 29.0. The molecule has 0 saturated carbocycles. The van der Waals surface area contributed by atoms with Gasteiger partial charge in [0.15, 0.2) is 5.82 Å². The predicted octanol–water partition coefficient (Wildman–Crippen LogP) is 4.28. The Kier molecular flexibility index (Phi) is 8.45. The van der Waals surface area contributed by atoms with Gasteiger partial charge in [-0.25, -0.2) is 9.97 Å². The van der Waals surface area contributed by atoms with Gasteiger partial charge in [0.1, 0.15) is 10.7 Å². The lowest BCUT2D eigenvalue weighted by Gasteiger charge is -2.16. The fraction of sp³-hybridized carbons (Fsp3) is 0.409. The van der Waals surface area contributed by atoms with E-state index in [2.05, 4.69) is 20.4 Å². The van der Waals surface area contributed by atoms with Crippen molar-refractivity contribution in [2.75, 3.05) is 27.3 Å². The van der Waals surface area contributed by atoms with E-state index < -0.39 is 41.0 Å². The van der Waals surface area contributed by atoms with Crippen LogP contribution in [0.2, 0.25) is 0 Å². The smallest absolute Gasteiger partial charge is 0.383 e. The molecule has 16 heteroatoms. The molecule has 0 bridgehead atoms. The van der Waals surface area contributed by atoms with E-state index in [1.165, 1.54) is 36.7 Å². The second-order valence-corrected chi connectivity index (χ2v) is 9.15. The topological polar surface area (TPSA) is 102 Å². The molecule has 2 aromatic heterocycles. The van der Waals surface area contributed by atoms with Crippen molar-refractivity contribution in [2.45, 2.75) is 32.2 Å². The van der Waals surface area contributed by atoms with Gasteiger partial charge in [-0.15, -0.1) is 5.10 Å². The highest BCUT2D eigenvalue weighted by Crippen LogP contribution is 2.36. The van der Waals surface area contributed by atoms with Gasteiger partial charge in [-0.2, -0.15) is 31.0 Å². The van der Waals surface area contributed by atoms with Crippen LogP contribution < -0.4 is 5.32 Å². The first-order valence-electron chi connectivity index (χ1n) is 10.9. The van der Waals surface area contributed by atoms with Crippen molar-refractivity contribution < 1.29 is 40.7 Å². The standard InChI is InChI=1S/C22H22F6N6O3S/c1-11(30-18(35)13-7-14(21(23,24)25)9-15(8-13)22(26,27)28)17-31-12(2)32-34(17)20-29-10-16(38-20)19(36)33(3)5-6-37-4/h7-11H,5-6H2,1-4H3,(H,30,35)/t11-/m0/s1. The zero-order valence-electron chi connectivity index (χ0n) is 20.4. The molecule has 206 valence electrons. The number of aryl methyl sites for hydroxylation is 1. The van der Waals surface area contributed by atoms with Gasteiger partial charge in [-0.3, -0.25) is 9.59 Å². The van der Waals surface area contributed by atoms with Crippen molar-refractivity contribution in [1.29, 1.82) is 0 Å². The second kappa shape index (κ2) is 11.1. The molecule has 0 spiro atoms. The Bertz CT molecular complexity index is 1290. The molecule has 0 aliphatic carbocycles. The Morgan fingerprint density at radius 3 is 2.29 bits per heavy atom. The number of hydrogen-bond acceptors (Lipinski definition) is 7. The summed E-state index contributed by atoms with van der Waals surface area (Å²) in [5.74, 6) is -1.16. The molecule has 0 aliphatic heterocycles. The zero-order valence-corrected chi connectivity index (χ0v) is 21.3. The van der Waals surface area contributed by atoms with Gasteiger partial charge in [0.05, 0.1) is 30.0 Å². The molecule has 2 heterocycles. The number of amides is 2. The number of nitrogens with zero attached hydrogens (tertiary/aromatic N) is 5. The Morgan fingerprint density at radius 1 is 1.13 bits per heavy atom. The van der Waals surface area contributed by atoms with Crippen LogP contribution in [0.4, 0.5) is 26.3 Å². The maximum Gasteiger partial charge on any atom is 0.416 e. The van der Waals surface area contributed by atoms with Gasteiger partial charge in [-0.1, -0.05) is 11.3 Å². The summed E-state index contributed by atoms with van der Waals surface area (Å²) in [6.45, 7) is 3.63. The fourth-order valence-electron chi connectivity index (χ4n) is 3.26. The summed E-state index contributed by atoms with van der Waals surface area (Å²) in [6, 6.07) is -0.396. The molecule has 3 rings (SSSR count). The predicted molar refractivity (Wildman–Crippen MR) is 123 cm³/mol. The number of alkyl halides is 6. The number of thiazole rings is 1. The Labute approximate surface area is 216 Å². The van der Waals surface area contributed by atoms with Crippen LogP contribution in [-0.2, 0) is 17.1 Å². The van der Waals surface area contributed by atoms with Crippen molar-refractivity contribution >= 4 is 23.2 Å². The molecule has 0 aliphatic rings. The van der Waals surface area contributed by atoms with Crippen molar-refractivity contribution in [2.24, 2.45) is 0 Å². The Hall–Kier alpha value is -3.53. The van der Waals surface area contributed by atoms with E-state index in [1.807, 2.05) is 0 Å². The minimum Gasteiger partial charge on any atom is -0.383 e. The number of halogens is 6. The molecule has 1 atom stereocenters. The third-order valence-corrected chi connectivity index (χ3v) is 6.15. The Balaban J connectivity index is 1.88. The molecule has 1 aromatic carbocycles. The van der Waals surface area contributed by atoms with E-state index in [1.54, 1.807) is 7.05 Å². The summed E-state index contributed by atoms with van der Waals surface area (Å²) < 4.78 is 85.3. The average molecular weight is 565 g/mol. The number of likely N-dealkylation sites (N-methyl/N-ethyl adjacent to an activating group) is 1. The van der Waals surface area contributed by atoms with E-state index in [-0.39, 0.29) is 33.6 Å². The van der Waals surface area contributed by atoms with Crippen LogP contribution in [0.15, 0.2) is 24.4 Å². The van der Waals surface area contributed by atoms with E-state index in [4.69, 9.17) is 4.74 Å². The van der Waals surface area contributed by atoms with Gasteiger partial charge in [0.2, 0.25) is 5.13 Å². The van der Waals surface area contributed by atoms with Crippen LogP contribution in [0.5, 0.6) is 0 Å². The van der Waals surface area contributed by atoms with Crippen molar-refractivity contribution in [3.8, 4) is 5.13 Å². The number of carbonyl (C=O) groups is 2.